The van der Waals surface area contributed by atoms with Crippen LogP contribution in [-0.4, -0.2) is 47.3 Å². The highest BCUT2D eigenvalue weighted by Crippen LogP contribution is 2.37. The smallest absolute Gasteiger partial charge is 0.307 e. The van der Waals surface area contributed by atoms with Crippen molar-refractivity contribution in [2.24, 2.45) is 0 Å². The third kappa shape index (κ3) is 2.23. The summed E-state index contributed by atoms with van der Waals surface area (Å²) < 4.78 is 4.71. The van der Waals surface area contributed by atoms with Crippen LogP contribution in [0.2, 0.25) is 0 Å². The Morgan fingerprint density at radius 1 is 1.44 bits per heavy atom. The highest BCUT2D eigenvalue weighted by molar-refractivity contribution is 5.69. The molecule has 0 spiro atoms. The molecule has 0 radical (unpaired) electrons. The summed E-state index contributed by atoms with van der Waals surface area (Å²) >= 11 is 0. The average molecular weight is 227 g/mol. The molecular weight excluding hydrogens is 206 g/mol. The number of rotatable bonds is 3. The van der Waals surface area contributed by atoms with Crippen molar-refractivity contribution in [3.63, 3.8) is 0 Å². The second kappa shape index (κ2) is 4.72. The zero-order valence-corrected chi connectivity index (χ0v) is 10.1. The van der Waals surface area contributed by atoms with Gasteiger partial charge in [-0.3, -0.25) is 9.69 Å². The Hall–Kier alpha value is -0.610. The van der Waals surface area contributed by atoms with E-state index < -0.39 is 0 Å². The predicted molar refractivity (Wildman–Crippen MR) is 60.0 cm³/mol. The molecule has 16 heavy (non-hydrogen) atoms. The number of esters is 1. The Balaban J connectivity index is 1.97. The molecule has 0 saturated carbocycles. The van der Waals surface area contributed by atoms with Crippen molar-refractivity contribution < 1.29 is 14.6 Å². The van der Waals surface area contributed by atoms with Gasteiger partial charge in [0.25, 0.3) is 0 Å². The molecule has 0 aromatic carbocycles. The van der Waals surface area contributed by atoms with Gasteiger partial charge in [0.05, 0.1) is 19.6 Å². The van der Waals surface area contributed by atoms with E-state index in [2.05, 4.69) is 11.8 Å². The summed E-state index contributed by atoms with van der Waals surface area (Å²) in [6.45, 7) is 2.08. The maximum atomic E-state index is 11.3. The summed E-state index contributed by atoms with van der Waals surface area (Å²) in [6.07, 6.45) is 4.36. The fourth-order valence-corrected chi connectivity index (χ4v) is 3.33. The van der Waals surface area contributed by atoms with E-state index >= 15 is 0 Å². The van der Waals surface area contributed by atoms with E-state index in [4.69, 9.17) is 4.74 Å². The Kier molecular flexibility index (Phi) is 3.50. The van der Waals surface area contributed by atoms with Gasteiger partial charge in [-0.2, -0.15) is 0 Å². The van der Waals surface area contributed by atoms with Crippen LogP contribution in [-0.2, 0) is 9.53 Å². The molecule has 2 aliphatic heterocycles. The van der Waals surface area contributed by atoms with Crippen molar-refractivity contribution in [2.45, 2.75) is 63.3 Å². The van der Waals surface area contributed by atoms with Gasteiger partial charge in [-0.05, 0) is 32.6 Å². The maximum Gasteiger partial charge on any atom is 0.307 e. The number of carbonyl (C=O) groups is 1. The lowest BCUT2D eigenvalue weighted by atomic mass is 9.97. The highest BCUT2D eigenvalue weighted by atomic mass is 16.5. The SMILES string of the molecule is COC(=O)CC(C)N1C2CCC1CC(O)C2. The summed E-state index contributed by atoms with van der Waals surface area (Å²) in [7, 11) is 1.43. The van der Waals surface area contributed by atoms with Crippen LogP contribution in [0.4, 0.5) is 0 Å². The highest BCUT2D eigenvalue weighted by Gasteiger charge is 2.42. The van der Waals surface area contributed by atoms with Crippen molar-refractivity contribution in [2.75, 3.05) is 7.11 Å². The largest absolute Gasteiger partial charge is 0.469 e. The summed E-state index contributed by atoms with van der Waals surface area (Å²) in [5.41, 5.74) is 0. The monoisotopic (exact) mass is 227 g/mol. The summed E-state index contributed by atoms with van der Waals surface area (Å²) in [4.78, 5) is 13.7. The predicted octanol–water partition coefficient (Wildman–Crippen LogP) is 0.926. The molecular formula is C12H21NO3. The molecule has 0 amide bonds. The molecule has 2 saturated heterocycles. The number of nitrogens with zero attached hydrogens (tertiary/aromatic N) is 1. The lowest BCUT2D eigenvalue weighted by Gasteiger charge is -2.40. The number of fused-ring (bicyclic) bond motifs is 2. The topological polar surface area (TPSA) is 49.8 Å². The lowest BCUT2D eigenvalue weighted by molar-refractivity contribution is -0.142. The van der Waals surface area contributed by atoms with Gasteiger partial charge in [0.1, 0.15) is 0 Å². The molecule has 0 aromatic heterocycles. The van der Waals surface area contributed by atoms with Crippen LogP contribution >= 0.6 is 0 Å². The number of methoxy groups -OCH3 is 1. The van der Waals surface area contributed by atoms with Crippen LogP contribution in [0.5, 0.6) is 0 Å². The van der Waals surface area contributed by atoms with Crippen LogP contribution in [0.25, 0.3) is 0 Å². The molecule has 0 aliphatic carbocycles. The third-order valence-corrected chi connectivity index (χ3v) is 3.96. The Morgan fingerprint density at radius 3 is 2.50 bits per heavy atom. The second-order valence-electron chi connectivity index (χ2n) is 5.09. The van der Waals surface area contributed by atoms with Crippen LogP contribution in [0, 0.1) is 0 Å². The molecule has 4 nitrogen and oxygen atoms in total. The zero-order valence-electron chi connectivity index (χ0n) is 10.1. The molecule has 1 N–H and O–H groups in total. The van der Waals surface area contributed by atoms with Crippen molar-refractivity contribution in [3.8, 4) is 0 Å². The van der Waals surface area contributed by atoms with Crippen LogP contribution in [0.3, 0.4) is 0 Å². The maximum absolute atomic E-state index is 11.3. The Bertz CT molecular complexity index is 255. The first-order valence-electron chi connectivity index (χ1n) is 6.14. The van der Waals surface area contributed by atoms with E-state index in [1.165, 1.54) is 7.11 Å². The van der Waals surface area contributed by atoms with Gasteiger partial charge in [-0.25, -0.2) is 0 Å². The van der Waals surface area contributed by atoms with E-state index in [0.29, 0.717) is 18.5 Å². The van der Waals surface area contributed by atoms with Crippen LogP contribution in [0.15, 0.2) is 0 Å². The number of aliphatic hydroxyl groups excluding tert-OH is 1. The minimum absolute atomic E-state index is 0.140. The fraction of sp³-hybridized carbons (Fsp3) is 0.917. The Morgan fingerprint density at radius 2 is 2.00 bits per heavy atom. The zero-order chi connectivity index (χ0) is 11.7. The first kappa shape index (κ1) is 11.9. The van der Waals surface area contributed by atoms with E-state index in [9.17, 15) is 9.90 Å². The number of aliphatic hydroxyl groups is 1. The van der Waals surface area contributed by atoms with Crippen molar-refractivity contribution in [1.82, 2.24) is 4.90 Å². The molecule has 2 bridgehead atoms. The fourth-order valence-electron chi connectivity index (χ4n) is 3.33. The molecule has 2 aliphatic rings. The van der Waals surface area contributed by atoms with Gasteiger partial charge < -0.3 is 9.84 Å². The first-order valence-corrected chi connectivity index (χ1v) is 6.14. The van der Waals surface area contributed by atoms with Crippen molar-refractivity contribution >= 4 is 5.97 Å². The van der Waals surface area contributed by atoms with Gasteiger partial charge in [-0.15, -0.1) is 0 Å². The molecule has 0 aromatic rings. The van der Waals surface area contributed by atoms with E-state index in [1.807, 2.05) is 0 Å². The van der Waals surface area contributed by atoms with Gasteiger partial charge in [0.15, 0.2) is 0 Å². The number of hydrogen-bond acceptors (Lipinski definition) is 4. The van der Waals surface area contributed by atoms with Crippen LogP contribution < -0.4 is 0 Å². The molecule has 4 heteroatoms. The normalized spacial score (nSPS) is 36.1. The summed E-state index contributed by atoms with van der Waals surface area (Å²) in [5, 5.41) is 9.70. The summed E-state index contributed by atoms with van der Waals surface area (Å²) in [5.74, 6) is -0.141. The summed E-state index contributed by atoms with van der Waals surface area (Å²) in [6, 6.07) is 1.17. The molecule has 92 valence electrons. The molecule has 2 rings (SSSR count). The molecule has 2 fully saturated rings. The quantitative estimate of drug-likeness (QED) is 0.729. The Labute approximate surface area is 96.6 Å². The number of piperidine rings is 1. The lowest BCUT2D eigenvalue weighted by Crippen LogP contribution is -2.49. The first-order chi connectivity index (χ1) is 7.61. The standard InChI is InChI=1S/C12H21NO3/c1-8(5-12(15)16-2)13-9-3-4-10(13)7-11(14)6-9/h8-11,14H,3-7H2,1-2H3. The molecule has 2 heterocycles. The molecule has 3 atom stereocenters. The minimum atomic E-state index is -0.141. The van der Waals surface area contributed by atoms with Gasteiger partial charge in [0.2, 0.25) is 0 Å². The number of ether oxygens (including phenoxy) is 1. The van der Waals surface area contributed by atoms with Gasteiger partial charge in [-0.1, -0.05) is 0 Å². The average Bonchev–Trinajstić information content (AvgIpc) is 2.51. The van der Waals surface area contributed by atoms with E-state index in [-0.39, 0.29) is 18.1 Å². The van der Waals surface area contributed by atoms with Gasteiger partial charge in [0, 0.05) is 18.1 Å². The minimum Gasteiger partial charge on any atom is -0.469 e. The second-order valence-corrected chi connectivity index (χ2v) is 5.09. The third-order valence-electron chi connectivity index (χ3n) is 3.96. The van der Waals surface area contributed by atoms with Crippen molar-refractivity contribution in [1.29, 1.82) is 0 Å². The van der Waals surface area contributed by atoms with E-state index in [0.717, 1.165) is 25.7 Å². The van der Waals surface area contributed by atoms with Crippen LogP contribution in [0.1, 0.15) is 39.0 Å². The van der Waals surface area contributed by atoms with Gasteiger partial charge >= 0.3 is 5.97 Å². The molecule has 3 unspecified atom stereocenters. The van der Waals surface area contributed by atoms with E-state index in [1.54, 1.807) is 0 Å². The number of carbonyl (C=O) groups excluding carboxylic acids is 1. The number of hydrogen-bond donors (Lipinski definition) is 1. The van der Waals surface area contributed by atoms with Crippen molar-refractivity contribution in [3.05, 3.63) is 0 Å².